The first-order valence-corrected chi connectivity index (χ1v) is 12.1. The van der Waals surface area contributed by atoms with Crippen LogP contribution in [0, 0.1) is 0 Å². The number of hydrogen-bond donors (Lipinski definition) is 0. The van der Waals surface area contributed by atoms with E-state index < -0.39 is 0 Å². The number of piperazine rings is 1. The number of fused-ring (bicyclic) bond motifs is 1. The first kappa shape index (κ1) is 22.8. The lowest BCUT2D eigenvalue weighted by Gasteiger charge is -2.37. The minimum absolute atomic E-state index is 0.0508. The molecule has 0 unspecified atom stereocenters. The Balaban J connectivity index is 1.34. The molecule has 9 nitrogen and oxygen atoms in total. The molecule has 0 aliphatic carbocycles. The Kier molecular flexibility index (Phi) is 7.44. The van der Waals surface area contributed by atoms with Gasteiger partial charge in [-0.3, -0.25) is 19.1 Å². The highest BCUT2D eigenvalue weighted by Gasteiger charge is 2.29. The normalized spacial score (nSPS) is 22.2. The number of hydrogen-bond acceptors (Lipinski definition) is 6. The molecule has 1 aromatic heterocycles. The Labute approximate surface area is 189 Å². The maximum absolute atomic E-state index is 13.0. The van der Waals surface area contributed by atoms with E-state index in [9.17, 15) is 14.4 Å². The van der Waals surface area contributed by atoms with Gasteiger partial charge in [-0.1, -0.05) is 6.42 Å². The quantitative estimate of drug-likeness (QED) is 0.697. The number of rotatable bonds is 4. The van der Waals surface area contributed by atoms with Crippen molar-refractivity contribution < 1.29 is 14.3 Å². The maximum Gasteiger partial charge on any atom is 0.409 e. The van der Waals surface area contributed by atoms with Crippen LogP contribution >= 0.6 is 0 Å². The predicted molar refractivity (Wildman–Crippen MR) is 120 cm³/mol. The Morgan fingerprint density at radius 3 is 2.62 bits per heavy atom. The van der Waals surface area contributed by atoms with Crippen molar-refractivity contribution in [3.05, 3.63) is 27.9 Å². The molecule has 0 saturated carbocycles. The number of nitrogens with zero attached hydrogens (tertiary/aromatic N) is 5. The summed E-state index contributed by atoms with van der Waals surface area (Å²) < 4.78 is 6.89. The summed E-state index contributed by atoms with van der Waals surface area (Å²) in [7, 11) is 0. The SMILES string of the molecule is CCOC(=O)N1CCN(CC(=O)N2CCC[C@H](c3cc(=O)n4c(n3)CCCCC4)C2)CC1. The van der Waals surface area contributed by atoms with Crippen LogP contribution in [-0.4, -0.2) is 88.7 Å². The molecule has 3 aliphatic rings. The highest BCUT2D eigenvalue weighted by atomic mass is 16.6. The zero-order valence-corrected chi connectivity index (χ0v) is 19.1. The average Bonchev–Trinajstić information content (AvgIpc) is 3.06. The van der Waals surface area contributed by atoms with E-state index in [0.717, 1.165) is 63.1 Å². The molecule has 4 heterocycles. The summed E-state index contributed by atoms with van der Waals surface area (Å²) in [5.74, 6) is 1.15. The lowest BCUT2D eigenvalue weighted by Crippen LogP contribution is -2.52. The first-order chi connectivity index (χ1) is 15.5. The van der Waals surface area contributed by atoms with E-state index in [-0.39, 0.29) is 23.5 Å². The van der Waals surface area contributed by atoms with E-state index in [1.807, 2.05) is 9.47 Å². The minimum atomic E-state index is -0.276. The van der Waals surface area contributed by atoms with Gasteiger partial charge in [0.05, 0.1) is 18.8 Å². The molecule has 0 bridgehead atoms. The molecule has 0 radical (unpaired) electrons. The molecule has 0 spiro atoms. The van der Waals surface area contributed by atoms with Crippen LogP contribution in [0.1, 0.15) is 56.5 Å². The van der Waals surface area contributed by atoms with Crippen LogP contribution in [0.25, 0.3) is 0 Å². The fourth-order valence-corrected chi connectivity index (χ4v) is 4.98. The highest BCUT2D eigenvalue weighted by molar-refractivity contribution is 5.78. The smallest absolute Gasteiger partial charge is 0.409 e. The van der Waals surface area contributed by atoms with Gasteiger partial charge >= 0.3 is 6.09 Å². The number of aromatic nitrogens is 2. The molecular weight excluding hydrogens is 410 g/mol. The van der Waals surface area contributed by atoms with Crippen molar-refractivity contribution in [1.29, 1.82) is 0 Å². The summed E-state index contributed by atoms with van der Waals surface area (Å²) in [6, 6.07) is 1.70. The summed E-state index contributed by atoms with van der Waals surface area (Å²) >= 11 is 0. The number of carbonyl (C=O) groups excluding carboxylic acids is 2. The molecule has 1 atom stereocenters. The van der Waals surface area contributed by atoms with Gasteiger partial charge in [0.1, 0.15) is 5.82 Å². The third-order valence-electron chi connectivity index (χ3n) is 6.84. The van der Waals surface area contributed by atoms with Crippen LogP contribution in [0.2, 0.25) is 0 Å². The van der Waals surface area contributed by atoms with Gasteiger partial charge in [-0.2, -0.15) is 0 Å². The van der Waals surface area contributed by atoms with Crippen molar-refractivity contribution in [1.82, 2.24) is 24.3 Å². The highest BCUT2D eigenvalue weighted by Crippen LogP contribution is 2.26. The largest absolute Gasteiger partial charge is 0.450 e. The average molecular weight is 446 g/mol. The van der Waals surface area contributed by atoms with Gasteiger partial charge in [0.25, 0.3) is 5.56 Å². The van der Waals surface area contributed by atoms with Crippen LogP contribution < -0.4 is 5.56 Å². The maximum atomic E-state index is 13.0. The van der Waals surface area contributed by atoms with Crippen LogP contribution in [0.15, 0.2) is 10.9 Å². The molecule has 2 saturated heterocycles. The molecule has 32 heavy (non-hydrogen) atoms. The predicted octanol–water partition coefficient (Wildman–Crippen LogP) is 1.45. The fourth-order valence-electron chi connectivity index (χ4n) is 4.98. The van der Waals surface area contributed by atoms with E-state index in [1.54, 1.807) is 17.9 Å². The van der Waals surface area contributed by atoms with Crippen molar-refractivity contribution in [2.75, 3.05) is 52.4 Å². The monoisotopic (exact) mass is 445 g/mol. The summed E-state index contributed by atoms with van der Waals surface area (Å²) in [5.41, 5.74) is 0.901. The molecule has 0 aromatic carbocycles. The number of amides is 2. The van der Waals surface area contributed by atoms with Crippen molar-refractivity contribution in [3.63, 3.8) is 0 Å². The molecule has 3 aliphatic heterocycles. The molecular formula is C23H35N5O4. The second-order valence-electron chi connectivity index (χ2n) is 9.04. The number of likely N-dealkylation sites (tertiary alicyclic amines) is 1. The molecule has 176 valence electrons. The number of piperidine rings is 1. The molecule has 2 fully saturated rings. The molecule has 4 rings (SSSR count). The first-order valence-electron chi connectivity index (χ1n) is 12.1. The molecule has 0 N–H and O–H groups in total. The number of ether oxygens (including phenoxy) is 1. The van der Waals surface area contributed by atoms with Crippen LogP contribution in [0.4, 0.5) is 4.79 Å². The van der Waals surface area contributed by atoms with Crippen LogP contribution in [-0.2, 0) is 22.5 Å². The van der Waals surface area contributed by atoms with Crippen LogP contribution in [0.5, 0.6) is 0 Å². The van der Waals surface area contributed by atoms with E-state index in [1.165, 1.54) is 0 Å². The molecule has 9 heteroatoms. The number of carbonyl (C=O) groups is 2. The zero-order valence-electron chi connectivity index (χ0n) is 19.1. The second kappa shape index (κ2) is 10.5. The third-order valence-corrected chi connectivity index (χ3v) is 6.84. The zero-order chi connectivity index (χ0) is 22.5. The van der Waals surface area contributed by atoms with Crippen molar-refractivity contribution in [2.24, 2.45) is 0 Å². The van der Waals surface area contributed by atoms with Gasteiger partial charge in [0.2, 0.25) is 5.91 Å². The Hall–Kier alpha value is -2.42. The fraction of sp³-hybridized carbons (Fsp3) is 0.739. The van der Waals surface area contributed by atoms with Crippen molar-refractivity contribution >= 4 is 12.0 Å². The van der Waals surface area contributed by atoms with Gasteiger partial charge in [-0.25, -0.2) is 9.78 Å². The van der Waals surface area contributed by atoms with Crippen LogP contribution in [0.3, 0.4) is 0 Å². The summed E-state index contributed by atoms with van der Waals surface area (Å²) in [5, 5.41) is 0. The summed E-state index contributed by atoms with van der Waals surface area (Å²) in [6.45, 7) is 7.19. The lowest BCUT2D eigenvalue weighted by molar-refractivity contribution is -0.134. The van der Waals surface area contributed by atoms with Gasteiger partial charge in [0, 0.05) is 64.2 Å². The molecule has 2 amide bonds. The van der Waals surface area contributed by atoms with E-state index in [4.69, 9.17) is 9.72 Å². The lowest BCUT2D eigenvalue weighted by atomic mass is 9.94. The van der Waals surface area contributed by atoms with Crippen molar-refractivity contribution in [3.8, 4) is 0 Å². The summed E-state index contributed by atoms with van der Waals surface area (Å²) in [4.78, 5) is 48.1. The van der Waals surface area contributed by atoms with E-state index in [2.05, 4.69) is 4.90 Å². The third kappa shape index (κ3) is 5.31. The summed E-state index contributed by atoms with van der Waals surface area (Å²) in [6.07, 6.45) is 5.71. The van der Waals surface area contributed by atoms with E-state index >= 15 is 0 Å². The van der Waals surface area contributed by atoms with E-state index in [0.29, 0.717) is 45.9 Å². The van der Waals surface area contributed by atoms with Gasteiger partial charge in [-0.05, 0) is 32.6 Å². The van der Waals surface area contributed by atoms with Gasteiger partial charge in [-0.15, -0.1) is 0 Å². The Morgan fingerprint density at radius 1 is 1.03 bits per heavy atom. The van der Waals surface area contributed by atoms with Crippen molar-refractivity contribution in [2.45, 2.75) is 57.9 Å². The minimum Gasteiger partial charge on any atom is -0.450 e. The number of aryl methyl sites for hydroxylation is 1. The molecule has 1 aromatic rings. The second-order valence-corrected chi connectivity index (χ2v) is 9.04. The standard InChI is InChI=1S/C23H35N5O4/c1-2-32-23(31)26-13-11-25(12-14-26)17-22(30)27-9-6-7-18(16-27)19-15-21(29)28-10-5-3-4-8-20(28)24-19/h15,18H,2-14,16-17H2,1H3/t18-/m0/s1. The topological polar surface area (TPSA) is 88.0 Å². The Morgan fingerprint density at radius 2 is 1.84 bits per heavy atom. The van der Waals surface area contributed by atoms with Gasteiger partial charge in [0.15, 0.2) is 0 Å². The van der Waals surface area contributed by atoms with Gasteiger partial charge < -0.3 is 14.5 Å². The Bertz CT molecular complexity index is 878.